The SMILES string of the molecule is COc1ccc(COC(=O)C2=C(C)CS[C@@H]3[C@@H](OC)C(=O)N23)cc1. The highest BCUT2D eigenvalue weighted by Crippen LogP contribution is 2.41. The normalized spacial score (nSPS) is 22.8. The highest BCUT2D eigenvalue weighted by atomic mass is 32.2. The van der Waals surface area contributed by atoms with E-state index in [0.717, 1.165) is 16.9 Å². The molecule has 7 heteroatoms. The standard InChI is InChI=1S/C17H19NO5S/c1-10-9-24-16-14(22-3)15(19)18(16)13(10)17(20)23-8-11-4-6-12(21-2)7-5-11/h4-7,14,16H,8-9H2,1-3H3/t14-,16+/m0/s1. The lowest BCUT2D eigenvalue weighted by Gasteiger charge is -2.48. The number of rotatable bonds is 5. The van der Waals surface area contributed by atoms with Crippen molar-refractivity contribution in [1.29, 1.82) is 0 Å². The number of methoxy groups -OCH3 is 2. The molecule has 2 heterocycles. The Hall–Kier alpha value is -1.99. The Morgan fingerprint density at radius 1 is 1.29 bits per heavy atom. The second-order valence-corrected chi connectivity index (χ2v) is 6.72. The average Bonchev–Trinajstić information content (AvgIpc) is 2.60. The van der Waals surface area contributed by atoms with E-state index in [2.05, 4.69) is 0 Å². The minimum Gasteiger partial charge on any atom is -0.497 e. The molecule has 2 atom stereocenters. The summed E-state index contributed by atoms with van der Waals surface area (Å²) in [6, 6.07) is 7.29. The maximum atomic E-state index is 12.5. The second kappa shape index (κ2) is 6.86. The molecule has 1 aromatic carbocycles. The van der Waals surface area contributed by atoms with Gasteiger partial charge in [-0.2, -0.15) is 0 Å². The van der Waals surface area contributed by atoms with Gasteiger partial charge in [0.15, 0.2) is 6.10 Å². The quantitative estimate of drug-likeness (QED) is 0.598. The molecular weight excluding hydrogens is 330 g/mol. The third-order valence-electron chi connectivity index (χ3n) is 4.09. The Bertz CT molecular complexity index is 685. The molecule has 1 amide bonds. The van der Waals surface area contributed by atoms with E-state index >= 15 is 0 Å². The number of fused-ring (bicyclic) bond motifs is 1. The van der Waals surface area contributed by atoms with Crippen LogP contribution in [0.4, 0.5) is 0 Å². The molecule has 1 aromatic rings. The van der Waals surface area contributed by atoms with Gasteiger partial charge in [-0.15, -0.1) is 11.8 Å². The molecule has 2 aliphatic rings. The van der Waals surface area contributed by atoms with Crippen LogP contribution in [0.25, 0.3) is 0 Å². The van der Waals surface area contributed by atoms with Gasteiger partial charge in [-0.1, -0.05) is 12.1 Å². The average molecular weight is 349 g/mol. The molecule has 24 heavy (non-hydrogen) atoms. The van der Waals surface area contributed by atoms with Crippen LogP contribution in [0.5, 0.6) is 5.75 Å². The van der Waals surface area contributed by atoms with Gasteiger partial charge in [0.05, 0.1) is 7.11 Å². The highest BCUT2D eigenvalue weighted by molar-refractivity contribution is 8.00. The van der Waals surface area contributed by atoms with Gasteiger partial charge in [-0.3, -0.25) is 9.69 Å². The zero-order chi connectivity index (χ0) is 17.3. The van der Waals surface area contributed by atoms with Crippen LogP contribution in [0.3, 0.4) is 0 Å². The molecule has 0 saturated carbocycles. The molecule has 1 saturated heterocycles. The van der Waals surface area contributed by atoms with Crippen LogP contribution in [0, 0.1) is 0 Å². The molecule has 128 valence electrons. The first kappa shape index (κ1) is 16.9. The smallest absolute Gasteiger partial charge is 0.355 e. The predicted molar refractivity (Wildman–Crippen MR) is 89.4 cm³/mol. The molecule has 0 spiro atoms. The molecule has 0 unspecified atom stereocenters. The van der Waals surface area contributed by atoms with E-state index in [0.29, 0.717) is 11.4 Å². The van der Waals surface area contributed by atoms with Gasteiger partial charge >= 0.3 is 5.97 Å². The number of amides is 1. The van der Waals surface area contributed by atoms with Gasteiger partial charge in [0.25, 0.3) is 5.91 Å². The van der Waals surface area contributed by atoms with E-state index < -0.39 is 12.1 Å². The van der Waals surface area contributed by atoms with E-state index in [9.17, 15) is 9.59 Å². The fourth-order valence-corrected chi connectivity index (χ4v) is 4.07. The lowest BCUT2D eigenvalue weighted by atomic mass is 10.1. The Morgan fingerprint density at radius 3 is 2.62 bits per heavy atom. The number of β-lactam (4-membered cyclic amide) rings is 1. The van der Waals surface area contributed by atoms with Crippen molar-refractivity contribution < 1.29 is 23.8 Å². The van der Waals surface area contributed by atoms with Crippen molar-refractivity contribution in [2.75, 3.05) is 20.0 Å². The number of hydrogen-bond acceptors (Lipinski definition) is 6. The van der Waals surface area contributed by atoms with Crippen molar-refractivity contribution in [3.8, 4) is 5.75 Å². The largest absolute Gasteiger partial charge is 0.497 e. The fourth-order valence-electron chi connectivity index (χ4n) is 2.75. The molecule has 3 rings (SSSR count). The van der Waals surface area contributed by atoms with E-state index in [1.807, 2.05) is 31.2 Å². The van der Waals surface area contributed by atoms with Gasteiger partial charge in [0.2, 0.25) is 0 Å². The molecule has 0 aliphatic carbocycles. The number of carbonyl (C=O) groups is 2. The van der Waals surface area contributed by atoms with Crippen molar-refractivity contribution in [3.05, 3.63) is 41.1 Å². The summed E-state index contributed by atoms with van der Waals surface area (Å²) in [5.74, 6) is 0.760. The van der Waals surface area contributed by atoms with Crippen molar-refractivity contribution in [2.45, 2.75) is 25.0 Å². The van der Waals surface area contributed by atoms with E-state index in [4.69, 9.17) is 14.2 Å². The Labute approximate surface area is 144 Å². The first-order valence-corrected chi connectivity index (χ1v) is 8.59. The molecule has 2 aliphatic heterocycles. The molecule has 0 radical (unpaired) electrons. The summed E-state index contributed by atoms with van der Waals surface area (Å²) in [4.78, 5) is 26.1. The Morgan fingerprint density at radius 2 is 2.00 bits per heavy atom. The van der Waals surface area contributed by atoms with E-state index in [-0.39, 0.29) is 17.9 Å². The van der Waals surface area contributed by atoms with Crippen LogP contribution in [-0.2, 0) is 25.7 Å². The van der Waals surface area contributed by atoms with Crippen molar-refractivity contribution >= 4 is 23.6 Å². The van der Waals surface area contributed by atoms with Crippen LogP contribution < -0.4 is 4.74 Å². The number of benzene rings is 1. The minimum absolute atomic E-state index is 0.144. The summed E-state index contributed by atoms with van der Waals surface area (Å²) < 4.78 is 15.7. The minimum atomic E-state index is -0.479. The lowest BCUT2D eigenvalue weighted by Crippen LogP contribution is -2.65. The topological polar surface area (TPSA) is 65.1 Å². The zero-order valence-electron chi connectivity index (χ0n) is 13.8. The molecule has 1 fully saturated rings. The Kier molecular flexibility index (Phi) is 4.82. The zero-order valence-corrected chi connectivity index (χ0v) is 14.6. The van der Waals surface area contributed by atoms with Crippen LogP contribution in [0.2, 0.25) is 0 Å². The van der Waals surface area contributed by atoms with Crippen LogP contribution in [-0.4, -0.2) is 48.2 Å². The van der Waals surface area contributed by atoms with Gasteiger partial charge < -0.3 is 14.2 Å². The van der Waals surface area contributed by atoms with E-state index in [1.165, 1.54) is 12.0 Å². The van der Waals surface area contributed by atoms with Crippen LogP contribution in [0.15, 0.2) is 35.5 Å². The summed E-state index contributed by atoms with van der Waals surface area (Å²) in [6.07, 6.45) is -0.479. The lowest BCUT2D eigenvalue weighted by molar-refractivity contribution is -0.163. The summed E-state index contributed by atoms with van der Waals surface area (Å²) in [5, 5.41) is -0.144. The number of hydrogen-bond donors (Lipinski definition) is 0. The van der Waals surface area contributed by atoms with Gasteiger partial charge in [0.1, 0.15) is 23.4 Å². The van der Waals surface area contributed by atoms with Gasteiger partial charge in [-0.05, 0) is 30.2 Å². The van der Waals surface area contributed by atoms with Crippen LogP contribution in [0.1, 0.15) is 12.5 Å². The number of esters is 1. The third-order valence-corrected chi connectivity index (χ3v) is 5.49. The van der Waals surface area contributed by atoms with Crippen molar-refractivity contribution in [3.63, 3.8) is 0 Å². The molecule has 6 nitrogen and oxygen atoms in total. The van der Waals surface area contributed by atoms with Gasteiger partial charge in [-0.25, -0.2) is 4.79 Å². The predicted octanol–water partition coefficient (Wildman–Crippen LogP) is 1.94. The van der Waals surface area contributed by atoms with Crippen molar-refractivity contribution in [1.82, 2.24) is 4.90 Å². The monoisotopic (exact) mass is 349 g/mol. The highest BCUT2D eigenvalue weighted by Gasteiger charge is 2.53. The van der Waals surface area contributed by atoms with Crippen LogP contribution >= 0.6 is 11.8 Å². The number of thioether (sulfide) groups is 1. The maximum absolute atomic E-state index is 12.5. The first-order chi connectivity index (χ1) is 11.6. The molecule has 0 aromatic heterocycles. The fraction of sp³-hybridized carbons (Fsp3) is 0.412. The summed E-state index contributed by atoms with van der Waals surface area (Å²) in [7, 11) is 3.10. The number of ether oxygens (including phenoxy) is 3. The Balaban J connectivity index is 1.68. The van der Waals surface area contributed by atoms with Gasteiger partial charge in [0, 0.05) is 12.9 Å². The summed E-state index contributed by atoms with van der Waals surface area (Å²) in [6.45, 7) is 1.99. The summed E-state index contributed by atoms with van der Waals surface area (Å²) >= 11 is 1.60. The third kappa shape index (κ3) is 2.89. The number of nitrogens with zero attached hydrogens (tertiary/aromatic N) is 1. The molecule has 0 N–H and O–H groups in total. The van der Waals surface area contributed by atoms with Crippen molar-refractivity contribution in [2.24, 2.45) is 0 Å². The molecule has 0 bridgehead atoms. The number of carbonyl (C=O) groups excluding carboxylic acids is 2. The first-order valence-electron chi connectivity index (χ1n) is 7.54. The molecular formula is C17H19NO5S. The maximum Gasteiger partial charge on any atom is 0.355 e. The van der Waals surface area contributed by atoms with E-state index in [1.54, 1.807) is 18.9 Å². The second-order valence-electron chi connectivity index (χ2n) is 5.62. The summed E-state index contributed by atoms with van der Waals surface area (Å²) in [5.41, 5.74) is 2.05.